The van der Waals surface area contributed by atoms with Gasteiger partial charge in [-0.15, -0.1) is 0 Å². The molecule has 0 fully saturated rings. The van der Waals surface area contributed by atoms with Crippen molar-refractivity contribution >= 4 is 12.0 Å². The Morgan fingerprint density at radius 1 is 1.30 bits per heavy atom. The number of carbonyl (C=O) groups is 1. The fraction of sp³-hybridized carbons (Fsp3) is 0.400. The van der Waals surface area contributed by atoms with E-state index in [9.17, 15) is 4.79 Å². The molecule has 0 heterocycles. The number of hydrogen-bond acceptors (Lipinski definition) is 4. The maximum atomic E-state index is 10.5. The van der Waals surface area contributed by atoms with Gasteiger partial charge in [0.1, 0.15) is 5.75 Å². The molecule has 110 valence electrons. The lowest BCUT2D eigenvalue weighted by molar-refractivity contribution is -0.131. The molecule has 1 N–H and O–H groups in total. The number of ether oxygens (including phenoxy) is 3. The Kier molecular flexibility index (Phi) is 7.39. The summed E-state index contributed by atoms with van der Waals surface area (Å²) in [5.74, 6) is -0.260. The number of carboxylic acid groups (broad SMARTS) is 1. The largest absolute Gasteiger partial charge is 0.496 e. The van der Waals surface area contributed by atoms with Gasteiger partial charge in [-0.25, -0.2) is 4.79 Å². The highest BCUT2D eigenvalue weighted by atomic mass is 16.5. The predicted molar refractivity (Wildman–Crippen MR) is 75.8 cm³/mol. The minimum absolute atomic E-state index is 0.394. The molecular formula is C15H20O5. The Bertz CT molecular complexity index is 454. The third-order valence-corrected chi connectivity index (χ3v) is 2.56. The Morgan fingerprint density at radius 2 is 2.05 bits per heavy atom. The van der Waals surface area contributed by atoms with E-state index in [-0.39, 0.29) is 0 Å². The predicted octanol–water partition coefficient (Wildman–Crippen LogP) is 2.35. The first-order valence-corrected chi connectivity index (χ1v) is 6.40. The quantitative estimate of drug-likeness (QED) is 0.555. The van der Waals surface area contributed by atoms with Crippen LogP contribution in [0.25, 0.3) is 6.08 Å². The lowest BCUT2D eigenvalue weighted by atomic mass is 10.1. The van der Waals surface area contributed by atoms with Gasteiger partial charge >= 0.3 is 5.97 Å². The summed E-state index contributed by atoms with van der Waals surface area (Å²) in [4.78, 5) is 10.5. The summed E-state index contributed by atoms with van der Waals surface area (Å²) in [7, 11) is 1.59. The number of rotatable bonds is 9. The van der Waals surface area contributed by atoms with Crippen molar-refractivity contribution in [2.24, 2.45) is 0 Å². The molecule has 0 atom stereocenters. The van der Waals surface area contributed by atoms with Crippen molar-refractivity contribution in [1.82, 2.24) is 0 Å². The van der Waals surface area contributed by atoms with Crippen LogP contribution in [0.2, 0.25) is 0 Å². The minimum atomic E-state index is -0.977. The van der Waals surface area contributed by atoms with E-state index in [0.29, 0.717) is 32.2 Å². The van der Waals surface area contributed by atoms with E-state index in [2.05, 4.69) is 0 Å². The van der Waals surface area contributed by atoms with Crippen LogP contribution in [0.3, 0.4) is 0 Å². The Balaban J connectivity index is 2.66. The van der Waals surface area contributed by atoms with Gasteiger partial charge in [-0.2, -0.15) is 0 Å². The molecule has 5 heteroatoms. The molecular weight excluding hydrogens is 260 g/mol. The van der Waals surface area contributed by atoms with E-state index in [0.717, 1.165) is 17.2 Å². The molecule has 0 radical (unpaired) electrons. The molecule has 0 spiro atoms. The molecule has 0 aliphatic carbocycles. The van der Waals surface area contributed by atoms with Gasteiger partial charge in [0.25, 0.3) is 0 Å². The monoisotopic (exact) mass is 280 g/mol. The molecule has 0 aromatic heterocycles. The van der Waals surface area contributed by atoms with Crippen molar-refractivity contribution < 1.29 is 24.1 Å². The van der Waals surface area contributed by atoms with Crippen molar-refractivity contribution in [2.75, 3.05) is 26.9 Å². The smallest absolute Gasteiger partial charge is 0.328 e. The summed E-state index contributed by atoms with van der Waals surface area (Å²) in [6.45, 7) is 4.05. The molecule has 0 aliphatic rings. The van der Waals surface area contributed by atoms with Gasteiger partial charge in [0.05, 0.1) is 26.9 Å². The van der Waals surface area contributed by atoms with Crippen molar-refractivity contribution in [3.05, 3.63) is 35.4 Å². The average Bonchev–Trinajstić information content (AvgIpc) is 2.45. The van der Waals surface area contributed by atoms with Gasteiger partial charge in [0.2, 0.25) is 0 Å². The lowest BCUT2D eigenvalue weighted by Crippen LogP contribution is -2.04. The van der Waals surface area contributed by atoms with E-state index in [1.54, 1.807) is 19.2 Å². The van der Waals surface area contributed by atoms with Crippen molar-refractivity contribution in [2.45, 2.75) is 13.5 Å². The number of methoxy groups -OCH3 is 1. The Hall–Kier alpha value is -1.85. The van der Waals surface area contributed by atoms with Crippen LogP contribution < -0.4 is 4.74 Å². The summed E-state index contributed by atoms with van der Waals surface area (Å²) < 4.78 is 15.9. The van der Waals surface area contributed by atoms with Crippen molar-refractivity contribution in [3.8, 4) is 5.75 Å². The van der Waals surface area contributed by atoms with E-state index in [4.69, 9.17) is 19.3 Å². The van der Waals surface area contributed by atoms with Gasteiger partial charge < -0.3 is 19.3 Å². The number of aliphatic carboxylic acids is 1. The van der Waals surface area contributed by atoms with Crippen LogP contribution in [0.1, 0.15) is 18.1 Å². The van der Waals surface area contributed by atoms with Gasteiger partial charge in [0.15, 0.2) is 0 Å². The second-order valence-electron chi connectivity index (χ2n) is 3.99. The second kappa shape index (κ2) is 9.12. The summed E-state index contributed by atoms with van der Waals surface area (Å²) in [6, 6.07) is 5.43. The Labute approximate surface area is 118 Å². The van der Waals surface area contributed by atoms with Crippen LogP contribution in [-0.4, -0.2) is 38.0 Å². The third kappa shape index (κ3) is 5.86. The highest BCUT2D eigenvalue weighted by Gasteiger charge is 2.04. The van der Waals surface area contributed by atoms with Crippen LogP contribution in [-0.2, 0) is 20.9 Å². The Morgan fingerprint density at radius 3 is 2.70 bits per heavy atom. The molecule has 1 rings (SSSR count). The summed E-state index contributed by atoms with van der Waals surface area (Å²) >= 11 is 0. The van der Waals surface area contributed by atoms with Gasteiger partial charge in [0, 0.05) is 18.2 Å². The number of benzene rings is 1. The molecule has 1 aromatic rings. The SMILES string of the molecule is CCOCCOCc1cc(C=CC(=O)O)ccc1OC. The van der Waals surface area contributed by atoms with E-state index in [1.807, 2.05) is 13.0 Å². The van der Waals surface area contributed by atoms with E-state index < -0.39 is 5.97 Å². The fourth-order valence-electron chi connectivity index (χ4n) is 1.63. The standard InChI is InChI=1S/C15H20O5/c1-3-19-8-9-20-11-13-10-12(5-7-15(16)17)4-6-14(13)18-2/h4-7,10H,3,8-9,11H2,1-2H3,(H,16,17). The zero-order chi connectivity index (χ0) is 14.8. The lowest BCUT2D eigenvalue weighted by Gasteiger charge is -2.10. The summed E-state index contributed by atoms with van der Waals surface area (Å²) in [5, 5.41) is 8.62. The first-order valence-electron chi connectivity index (χ1n) is 6.40. The maximum absolute atomic E-state index is 10.5. The van der Waals surface area contributed by atoms with Gasteiger partial charge in [-0.1, -0.05) is 6.07 Å². The molecule has 0 saturated heterocycles. The number of hydrogen-bond donors (Lipinski definition) is 1. The summed E-state index contributed by atoms with van der Waals surface area (Å²) in [5.41, 5.74) is 1.66. The van der Waals surface area contributed by atoms with Crippen LogP contribution >= 0.6 is 0 Å². The number of carboxylic acids is 1. The molecule has 0 unspecified atom stereocenters. The molecule has 20 heavy (non-hydrogen) atoms. The van der Waals surface area contributed by atoms with E-state index in [1.165, 1.54) is 6.08 Å². The zero-order valence-electron chi connectivity index (χ0n) is 11.8. The third-order valence-electron chi connectivity index (χ3n) is 2.56. The highest BCUT2D eigenvalue weighted by Crippen LogP contribution is 2.21. The molecule has 0 saturated carbocycles. The van der Waals surface area contributed by atoms with Crippen LogP contribution in [0.15, 0.2) is 24.3 Å². The highest BCUT2D eigenvalue weighted by molar-refractivity contribution is 5.85. The first-order chi connectivity index (χ1) is 9.67. The van der Waals surface area contributed by atoms with Crippen molar-refractivity contribution in [1.29, 1.82) is 0 Å². The van der Waals surface area contributed by atoms with Crippen LogP contribution in [0.4, 0.5) is 0 Å². The minimum Gasteiger partial charge on any atom is -0.496 e. The maximum Gasteiger partial charge on any atom is 0.328 e. The summed E-state index contributed by atoms with van der Waals surface area (Å²) in [6.07, 6.45) is 2.63. The van der Waals surface area contributed by atoms with Gasteiger partial charge in [-0.3, -0.25) is 0 Å². The molecule has 5 nitrogen and oxygen atoms in total. The normalized spacial score (nSPS) is 10.9. The second-order valence-corrected chi connectivity index (χ2v) is 3.99. The van der Waals surface area contributed by atoms with Crippen LogP contribution in [0.5, 0.6) is 5.75 Å². The molecule has 0 amide bonds. The fourth-order valence-corrected chi connectivity index (χ4v) is 1.63. The first kappa shape index (κ1) is 16.2. The van der Waals surface area contributed by atoms with Crippen LogP contribution in [0, 0.1) is 0 Å². The van der Waals surface area contributed by atoms with Crippen molar-refractivity contribution in [3.63, 3.8) is 0 Å². The van der Waals surface area contributed by atoms with Gasteiger partial charge in [-0.05, 0) is 30.7 Å². The topological polar surface area (TPSA) is 65.0 Å². The molecule has 0 aliphatic heterocycles. The average molecular weight is 280 g/mol. The van der Waals surface area contributed by atoms with E-state index >= 15 is 0 Å². The molecule has 1 aromatic carbocycles. The zero-order valence-corrected chi connectivity index (χ0v) is 11.8. The molecule has 0 bridgehead atoms.